The summed E-state index contributed by atoms with van der Waals surface area (Å²) in [6.07, 6.45) is 0.854. The van der Waals surface area contributed by atoms with Gasteiger partial charge in [0.2, 0.25) is 15.9 Å². The predicted octanol–water partition coefficient (Wildman–Crippen LogP) is 1.51. The zero-order chi connectivity index (χ0) is 15.5. The van der Waals surface area contributed by atoms with Gasteiger partial charge in [-0.15, -0.1) is 0 Å². The summed E-state index contributed by atoms with van der Waals surface area (Å²) >= 11 is 0. The number of carbonyl (C=O) groups is 1. The van der Waals surface area contributed by atoms with Gasteiger partial charge >= 0.3 is 0 Å². The Morgan fingerprint density at radius 1 is 1.33 bits per heavy atom. The molecule has 0 aliphatic carbocycles. The van der Waals surface area contributed by atoms with E-state index in [9.17, 15) is 17.6 Å². The minimum Gasteiger partial charge on any atom is -0.312 e. The summed E-state index contributed by atoms with van der Waals surface area (Å²) in [6, 6.07) is 5.72. The van der Waals surface area contributed by atoms with Crippen molar-refractivity contribution in [3.8, 4) is 0 Å². The van der Waals surface area contributed by atoms with Crippen LogP contribution in [0, 0.1) is 11.7 Å². The van der Waals surface area contributed by atoms with Gasteiger partial charge in [-0.2, -0.15) is 0 Å². The van der Waals surface area contributed by atoms with Gasteiger partial charge in [0.25, 0.3) is 0 Å². The van der Waals surface area contributed by atoms with Crippen LogP contribution in [0.5, 0.6) is 0 Å². The van der Waals surface area contributed by atoms with Crippen molar-refractivity contribution in [2.24, 2.45) is 5.92 Å². The van der Waals surface area contributed by atoms with Crippen LogP contribution < -0.4 is 9.62 Å². The Bertz CT molecular complexity index is 601. The molecule has 1 aliphatic rings. The summed E-state index contributed by atoms with van der Waals surface area (Å²) in [4.78, 5) is 13.5. The van der Waals surface area contributed by atoms with Crippen LogP contribution in [0.25, 0.3) is 0 Å². The number of sulfonamides is 1. The summed E-state index contributed by atoms with van der Waals surface area (Å²) in [5.74, 6) is -0.389. The monoisotopic (exact) mass is 314 g/mol. The SMILES string of the molecule is CCCS(=O)(=O)NC[C@@H]1CC(=O)N(c2ccc(F)cc2)C1. The Morgan fingerprint density at radius 3 is 2.62 bits per heavy atom. The third-order valence-electron chi connectivity index (χ3n) is 3.41. The van der Waals surface area contributed by atoms with Gasteiger partial charge < -0.3 is 4.90 Å². The first-order valence-electron chi connectivity index (χ1n) is 6.94. The fourth-order valence-electron chi connectivity index (χ4n) is 2.37. The average Bonchev–Trinajstić information content (AvgIpc) is 2.79. The number of anilines is 1. The summed E-state index contributed by atoms with van der Waals surface area (Å²) in [7, 11) is -3.25. The van der Waals surface area contributed by atoms with Crippen molar-refractivity contribution >= 4 is 21.6 Å². The molecule has 116 valence electrons. The third-order valence-corrected chi connectivity index (χ3v) is 4.96. The lowest BCUT2D eigenvalue weighted by Crippen LogP contribution is -2.32. The summed E-state index contributed by atoms with van der Waals surface area (Å²) < 4.78 is 38.6. The fraction of sp³-hybridized carbons (Fsp3) is 0.500. The molecule has 21 heavy (non-hydrogen) atoms. The lowest BCUT2D eigenvalue weighted by Gasteiger charge is -2.17. The molecule has 0 bridgehead atoms. The van der Waals surface area contributed by atoms with Gasteiger partial charge in [-0.1, -0.05) is 6.92 Å². The van der Waals surface area contributed by atoms with Crippen LogP contribution in [0.3, 0.4) is 0 Å². The third kappa shape index (κ3) is 4.25. The highest BCUT2D eigenvalue weighted by atomic mass is 32.2. The molecular weight excluding hydrogens is 295 g/mol. The average molecular weight is 314 g/mol. The molecule has 1 aromatic rings. The molecule has 0 radical (unpaired) electrons. The Kier molecular flexibility index (Phi) is 4.95. The minimum atomic E-state index is -3.25. The van der Waals surface area contributed by atoms with Crippen molar-refractivity contribution < 1.29 is 17.6 Å². The largest absolute Gasteiger partial charge is 0.312 e. The van der Waals surface area contributed by atoms with Gasteiger partial charge in [0, 0.05) is 25.2 Å². The van der Waals surface area contributed by atoms with E-state index in [2.05, 4.69) is 4.72 Å². The van der Waals surface area contributed by atoms with E-state index in [1.807, 2.05) is 0 Å². The van der Waals surface area contributed by atoms with Crippen LogP contribution in [0.2, 0.25) is 0 Å². The van der Waals surface area contributed by atoms with Gasteiger partial charge in [0.1, 0.15) is 5.82 Å². The number of hydrogen-bond acceptors (Lipinski definition) is 3. The first-order valence-corrected chi connectivity index (χ1v) is 8.60. The molecule has 1 atom stereocenters. The quantitative estimate of drug-likeness (QED) is 0.865. The maximum Gasteiger partial charge on any atom is 0.227 e. The van der Waals surface area contributed by atoms with Gasteiger partial charge in [-0.25, -0.2) is 17.5 Å². The van der Waals surface area contributed by atoms with E-state index in [0.717, 1.165) is 0 Å². The zero-order valence-electron chi connectivity index (χ0n) is 11.9. The number of rotatable bonds is 6. The minimum absolute atomic E-state index is 0.0609. The van der Waals surface area contributed by atoms with E-state index in [1.165, 1.54) is 12.1 Å². The van der Waals surface area contributed by atoms with Crippen LogP contribution in [-0.4, -0.2) is 33.2 Å². The second-order valence-corrected chi connectivity index (χ2v) is 7.14. The van der Waals surface area contributed by atoms with Crippen LogP contribution >= 0.6 is 0 Å². The standard InChI is InChI=1S/C14H19FN2O3S/c1-2-7-21(19,20)16-9-11-8-14(18)17(10-11)13-5-3-12(15)4-6-13/h3-6,11,16H,2,7-10H2,1H3/t11-/m0/s1. The van der Waals surface area contributed by atoms with Crippen LogP contribution in [0.15, 0.2) is 24.3 Å². The molecule has 1 saturated heterocycles. The summed E-state index contributed by atoms with van der Waals surface area (Å²) in [5, 5.41) is 0. The zero-order valence-corrected chi connectivity index (χ0v) is 12.7. The van der Waals surface area contributed by atoms with E-state index < -0.39 is 10.0 Å². The van der Waals surface area contributed by atoms with Crippen molar-refractivity contribution in [2.75, 3.05) is 23.7 Å². The molecule has 1 fully saturated rings. The van der Waals surface area contributed by atoms with Crippen molar-refractivity contribution in [3.05, 3.63) is 30.1 Å². The number of nitrogens with zero attached hydrogens (tertiary/aromatic N) is 1. The molecule has 7 heteroatoms. The van der Waals surface area contributed by atoms with E-state index >= 15 is 0 Å². The lowest BCUT2D eigenvalue weighted by atomic mass is 10.1. The molecule has 1 aliphatic heterocycles. The number of amides is 1. The van der Waals surface area contributed by atoms with E-state index in [0.29, 0.717) is 25.1 Å². The van der Waals surface area contributed by atoms with E-state index in [4.69, 9.17) is 0 Å². The van der Waals surface area contributed by atoms with Crippen LogP contribution in [0.1, 0.15) is 19.8 Å². The Morgan fingerprint density at radius 2 is 2.00 bits per heavy atom. The molecule has 0 saturated carbocycles. The molecule has 5 nitrogen and oxygen atoms in total. The number of nitrogens with one attached hydrogen (secondary N) is 1. The maximum atomic E-state index is 12.9. The van der Waals surface area contributed by atoms with Crippen LogP contribution in [-0.2, 0) is 14.8 Å². The molecule has 1 aromatic carbocycles. The molecule has 1 N–H and O–H groups in total. The molecule has 1 heterocycles. The van der Waals surface area contributed by atoms with E-state index in [1.54, 1.807) is 24.0 Å². The maximum absolute atomic E-state index is 12.9. The molecule has 1 amide bonds. The first kappa shape index (κ1) is 15.9. The van der Waals surface area contributed by atoms with Crippen LogP contribution in [0.4, 0.5) is 10.1 Å². The van der Waals surface area contributed by atoms with Crippen molar-refractivity contribution in [1.82, 2.24) is 4.72 Å². The van der Waals surface area contributed by atoms with Gasteiger partial charge in [-0.3, -0.25) is 4.79 Å². The highest BCUT2D eigenvalue weighted by Gasteiger charge is 2.31. The van der Waals surface area contributed by atoms with Crippen molar-refractivity contribution in [2.45, 2.75) is 19.8 Å². The predicted molar refractivity (Wildman–Crippen MR) is 78.9 cm³/mol. The summed E-state index contributed by atoms with van der Waals surface area (Å²) in [5.41, 5.74) is 0.639. The Labute approximate surface area is 124 Å². The molecular formula is C14H19FN2O3S. The Balaban J connectivity index is 1.95. The Hall–Kier alpha value is -1.47. The fourth-order valence-corrected chi connectivity index (χ4v) is 3.55. The second kappa shape index (κ2) is 6.53. The second-order valence-electron chi connectivity index (χ2n) is 5.22. The number of halogens is 1. The van der Waals surface area contributed by atoms with Crippen molar-refractivity contribution in [1.29, 1.82) is 0 Å². The first-order chi connectivity index (χ1) is 9.91. The van der Waals surface area contributed by atoms with E-state index in [-0.39, 0.29) is 29.9 Å². The topological polar surface area (TPSA) is 66.5 Å². The molecule has 0 unspecified atom stereocenters. The highest BCUT2D eigenvalue weighted by molar-refractivity contribution is 7.89. The number of benzene rings is 1. The van der Waals surface area contributed by atoms with Gasteiger partial charge in [-0.05, 0) is 36.6 Å². The smallest absolute Gasteiger partial charge is 0.227 e. The summed E-state index contributed by atoms with van der Waals surface area (Å²) in [6.45, 7) is 2.50. The highest BCUT2D eigenvalue weighted by Crippen LogP contribution is 2.24. The molecule has 2 rings (SSSR count). The lowest BCUT2D eigenvalue weighted by molar-refractivity contribution is -0.117. The molecule has 0 spiro atoms. The van der Waals surface area contributed by atoms with Gasteiger partial charge in [0.15, 0.2) is 0 Å². The number of hydrogen-bond donors (Lipinski definition) is 1. The normalized spacial score (nSPS) is 19.2. The van der Waals surface area contributed by atoms with Crippen molar-refractivity contribution in [3.63, 3.8) is 0 Å². The molecule has 0 aromatic heterocycles. The van der Waals surface area contributed by atoms with Gasteiger partial charge in [0.05, 0.1) is 5.75 Å². The number of carbonyl (C=O) groups excluding carboxylic acids is 1.